The first-order chi connectivity index (χ1) is 18.2. The van der Waals surface area contributed by atoms with Crippen LogP contribution in [0, 0.1) is 0 Å². The Balaban J connectivity index is 1.34. The van der Waals surface area contributed by atoms with E-state index >= 15 is 0 Å². The fourth-order valence-electron chi connectivity index (χ4n) is 4.89. The van der Waals surface area contributed by atoms with E-state index in [1.807, 2.05) is 71.6 Å². The fraction of sp³-hybridized carbons (Fsp3) is 0.0909. The van der Waals surface area contributed by atoms with E-state index in [1.165, 1.54) is 10.9 Å². The lowest BCUT2D eigenvalue weighted by Crippen LogP contribution is -2.31. The first kappa shape index (κ1) is 22.7. The van der Waals surface area contributed by atoms with Crippen molar-refractivity contribution in [3.05, 3.63) is 138 Å². The molecule has 4 aromatic carbocycles. The topological polar surface area (TPSA) is 38.1 Å². The van der Waals surface area contributed by atoms with E-state index in [4.69, 9.17) is 4.98 Å². The molecule has 180 valence electrons. The minimum atomic E-state index is -0.0804. The van der Waals surface area contributed by atoms with Gasteiger partial charge >= 0.3 is 0 Å². The number of benzene rings is 4. The lowest BCUT2D eigenvalue weighted by atomic mass is 10.0. The molecular weight excluding hydrogens is 454 g/mol. The molecule has 0 unspecified atom stereocenters. The molecule has 2 aromatic heterocycles. The highest BCUT2D eigenvalue weighted by molar-refractivity contribution is 5.95. The summed E-state index contributed by atoms with van der Waals surface area (Å²) < 4.78 is 2.17. The van der Waals surface area contributed by atoms with Crippen molar-refractivity contribution >= 4 is 27.7 Å². The van der Waals surface area contributed by atoms with Crippen LogP contribution in [-0.2, 0) is 20.1 Å². The number of nitrogens with zero attached hydrogens (tertiary/aromatic N) is 3. The van der Waals surface area contributed by atoms with Gasteiger partial charge in [-0.1, -0.05) is 97.1 Å². The summed E-state index contributed by atoms with van der Waals surface area (Å²) in [5.41, 5.74) is 6.93. The second kappa shape index (κ2) is 9.75. The van der Waals surface area contributed by atoms with Crippen LogP contribution in [0.2, 0.25) is 0 Å². The van der Waals surface area contributed by atoms with E-state index in [9.17, 15) is 4.79 Å². The minimum Gasteiger partial charge on any atom is -0.346 e. The van der Waals surface area contributed by atoms with Gasteiger partial charge in [-0.2, -0.15) is 0 Å². The van der Waals surface area contributed by atoms with Gasteiger partial charge in [0.15, 0.2) is 0 Å². The second-order valence-corrected chi connectivity index (χ2v) is 9.37. The van der Waals surface area contributed by atoms with Crippen molar-refractivity contribution < 1.29 is 4.79 Å². The lowest BCUT2D eigenvalue weighted by molar-refractivity contribution is 0.0721. The minimum absolute atomic E-state index is 0.0804. The van der Waals surface area contributed by atoms with Crippen molar-refractivity contribution in [1.29, 1.82) is 0 Å². The van der Waals surface area contributed by atoms with Gasteiger partial charge in [0.05, 0.1) is 12.1 Å². The fourth-order valence-corrected chi connectivity index (χ4v) is 4.89. The van der Waals surface area contributed by atoms with Gasteiger partial charge in [0.25, 0.3) is 5.91 Å². The third kappa shape index (κ3) is 4.62. The number of rotatable bonds is 6. The summed E-state index contributed by atoms with van der Waals surface area (Å²) in [6.45, 7) is 0.975. The van der Waals surface area contributed by atoms with Crippen LogP contribution in [0.25, 0.3) is 32.9 Å². The van der Waals surface area contributed by atoms with Crippen LogP contribution in [0.15, 0.2) is 121 Å². The first-order valence-corrected chi connectivity index (χ1v) is 12.5. The highest BCUT2D eigenvalue weighted by atomic mass is 16.2. The van der Waals surface area contributed by atoms with Gasteiger partial charge < -0.3 is 9.47 Å². The molecule has 0 aliphatic carbocycles. The van der Waals surface area contributed by atoms with Gasteiger partial charge in [0, 0.05) is 30.2 Å². The zero-order chi connectivity index (χ0) is 25.2. The number of para-hydroxylation sites is 2. The predicted molar refractivity (Wildman–Crippen MR) is 150 cm³/mol. The van der Waals surface area contributed by atoms with Gasteiger partial charge in [-0.05, 0) is 46.3 Å². The molecule has 6 rings (SSSR count). The number of aromatic nitrogens is 2. The maximum atomic E-state index is 13.9. The van der Waals surface area contributed by atoms with Gasteiger partial charge in [-0.15, -0.1) is 0 Å². The second-order valence-electron chi connectivity index (χ2n) is 9.37. The molecule has 0 aliphatic rings. The van der Waals surface area contributed by atoms with Gasteiger partial charge in [-0.3, -0.25) is 4.79 Å². The predicted octanol–water partition coefficient (Wildman–Crippen LogP) is 7.24. The number of fused-ring (bicyclic) bond motifs is 2. The van der Waals surface area contributed by atoms with E-state index in [0.29, 0.717) is 18.8 Å². The van der Waals surface area contributed by atoms with Crippen LogP contribution >= 0.6 is 0 Å². The van der Waals surface area contributed by atoms with E-state index in [2.05, 4.69) is 66.2 Å². The average molecular weight is 482 g/mol. The Morgan fingerprint density at radius 1 is 0.703 bits per heavy atom. The first-order valence-electron chi connectivity index (χ1n) is 12.5. The van der Waals surface area contributed by atoms with Crippen molar-refractivity contribution in [2.75, 3.05) is 0 Å². The van der Waals surface area contributed by atoms with Crippen molar-refractivity contribution in [3.63, 3.8) is 0 Å². The Hall–Kier alpha value is -4.70. The molecule has 0 bridgehead atoms. The maximum Gasteiger partial charge on any atom is 0.273 e. The molecule has 0 spiro atoms. The lowest BCUT2D eigenvalue weighted by Gasteiger charge is -2.23. The van der Waals surface area contributed by atoms with Gasteiger partial charge in [-0.25, -0.2) is 4.98 Å². The normalized spacial score (nSPS) is 11.2. The van der Waals surface area contributed by atoms with E-state index in [0.717, 1.165) is 33.2 Å². The number of hydrogen-bond acceptors (Lipinski definition) is 2. The molecule has 4 nitrogen and oxygen atoms in total. The van der Waals surface area contributed by atoms with Gasteiger partial charge in [0.2, 0.25) is 0 Å². The van der Waals surface area contributed by atoms with Crippen LogP contribution in [0.5, 0.6) is 0 Å². The maximum absolute atomic E-state index is 13.9. The van der Waals surface area contributed by atoms with E-state index in [1.54, 1.807) is 0 Å². The molecule has 1 amide bonds. The summed E-state index contributed by atoms with van der Waals surface area (Å²) in [4.78, 5) is 20.5. The number of aryl methyl sites for hydroxylation is 1. The Labute approximate surface area is 216 Å². The standard InChI is InChI=1S/C33H27N3O/c1-35-29(21-28-12-6-8-14-32(28)35)23-36(33(37)31-20-19-27-11-5-7-13-30(27)34-31)22-24-15-17-26(18-16-24)25-9-3-2-4-10-25/h2-21H,22-23H2,1H3. The molecule has 0 saturated carbocycles. The van der Waals surface area contributed by atoms with E-state index in [-0.39, 0.29) is 5.91 Å². The smallest absolute Gasteiger partial charge is 0.273 e. The van der Waals surface area contributed by atoms with Crippen LogP contribution in [0.4, 0.5) is 0 Å². The third-order valence-electron chi connectivity index (χ3n) is 6.94. The average Bonchev–Trinajstić information content (AvgIpc) is 3.27. The summed E-state index contributed by atoms with van der Waals surface area (Å²) in [6.07, 6.45) is 0. The van der Waals surface area contributed by atoms with Crippen molar-refractivity contribution in [3.8, 4) is 11.1 Å². The van der Waals surface area contributed by atoms with Crippen molar-refractivity contribution in [1.82, 2.24) is 14.5 Å². The molecule has 2 heterocycles. The quantitative estimate of drug-likeness (QED) is 0.252. The molecule has 6 aromatic rings. The number of carbonyl (C=O) groups excluding carboxylic acids is 1. The molecule has 0 radical (unpaired) electrons. The summed E-state index contributed by atoms with van der Waals surface area (Å²) in [6, 6.07) is 41.0. The Morgan fingerprint density at radius 2 is 1.38 bits per heavy atom. The molecule has 4 heteroatoms. The number of pyridine rings is 1. The molecule has 0 N–H and O–H groups in total. The molecule has 0 aliphatic heterocycles. The summed E-state index contributed by atoms with van der Waals surface area (Å²) in [5, 5.41) is 2.19. The summed E-state index contributed by atoms with van der Waals surface area (Å²) in [7, 11) is 2.06. The summed E-state index contributed by atoms with van der Waals surface area (Å²) in [5.74, 6) is -0.0804. The molecule has 37 heavy (non-hydrogen) atoms. The molecule has 0 saturated heterocycles. The van der Waals surface area contributed by atoms with Crippen LogP contribution in [-0.4, -0.2) is 20.4 Å². The van der Waals surface area contributed by atoms with Gasteiger partial charge in [0.1, 0.15) is 5.69 Å². The molecular formula is C33H27N3O. The molecule has 0 fully saturated rings. The largest absolute Gasteiger partial charge is 0.346 e. The SMILES string of the molecule is Cn1c(CN(Cc2ccc(-c3ccccc3)cc2)C(=O)c2ccc3ccccc3n2)cc2ccccc21. The number of carbonyl (C=O) groups is 1. The van der Waals surface area contributed by atoms with Crippen molar-refractivity contribution in [2.45, 2.75) is 13.1 Å². The van der Waals surface area contributed by atoms with Crippen LogP contribution < -0.4 is 0 Å². The Morgan fingerprint density at radius 3 is 2.16 bits per heavy atom. The number of amides is 1. The zero-order valence-corrected chi connectivity index (χ0v) is 20.7. The number of hydrogen-bond donors (Lipinski definition) is 0. The summed E-state index contributed by atoms with van der Waals surface area (Å²) >= 11 is 0. The van der Waals surface area contributed by atoms with Crippen molar-refractivity contribution in [2.24, 2.45) is 7.05 Å². The van der Waals surface area contributed by atoms with Crippen LogP contribution in [0.1, 0.15) is 21.7 Å². The monoisotopic (exact) mass is 481 g/mol. The van der Waals surface area contributed by atoms with Crippen LogP contribution in [0.3, 0.4) is 0 Å². The Bertz CT molecular complexity index is 1700. The molecule has 0 atom stereocenters. The highest BCUT2D eigenvalue weighted by Gasteiger charge is 2.20. The highest BCUT2D eigenvalue weighted by Crippen LogP contribution is 2.24. The third-order valence-corrected chi connectivity index (χ3v) is 6.94. The Kier molecular flexibility index (Phi) is 5.99. The van der Waals surface area contributed by atoms with E-state index < -0.39 is 0 Å². The zero-order valence-electron chi connectivity index (χ0n) is 20.7.